The summed E-state index contributed by atoms with van der Waals surface area (Å²) >= 11 is 0. The molecule has 3 aromatic heterocycles. The molecule has 9 heteroatoms. The number of rotatable bonds is 7. The number of carbonyl (C=O) groups is 2. The van der Waals surface area contributed by atoms with Gasteiger partial charge in [0.1, 0.15) is 30.0 Å². The van der Waals surface area contributed by atoms with Crippen LogP contribution < -0.4 is 10.6 Å². The minimum absolute atomic E-state index is 0.0491. The van der Waals surface area contributed by atoms with E-state index in [1.807, 2.05) is 19.9 Å². The SMILES string of the molecule is CCc1nocc1C(=O)NC(C(=O)Nc1ccc(-c2ncncc2C)cn1)[C@H]1CC[C@H](C)CC1. The standard InChI is InChI=1S/C25H30N6O3/c1-4-20-19(13-34-31-20)24(32)30-23(17-7-5-15(2)6-8-17)25(33)29-21-10-9-18(12-27-21)22-16(3)11-26-14-28-22/h9-15,17,23H,4-8H2,1-3H3,(H,30,32)(H,27,29,33)/t15-,17-,23?. The summed E-state index contributed by atoms with van der Waals surface area (Å²) in [6.07, 6.45) is 10.6. The lowest BCUT2D eigenvalue weighted by Crippen LogP contribution is -2.49. The van der Waals surface area contributed by atoms with Crippen LogP contribution in [0.15, 0.2) is 41.6 Å². The fourth-order valence-electron chi connectivity index (χ4n) is 4.45. The molecule has 178 valence electrons. The Hall–Kier alpha value is -3.62. The molecule has 1 atom stereocenters. The maximum absolute atomic E-state index is 13.3. The van der Waals surface area contributed by atoms with Crippen molar-refractivity contribution in [2.75, 3.05) is 5.32 Å². The van der Waals surface area contributed by atoms with Crippen molar-refractivity contribution in [3.63, 3.8) is 0 Å². The van der Waals surface area contributed by atoms with Gasteiger partial charge in [-0.1, -0.05) is 31.8 Å². The van der Waals surface area contributed by atoms with Gasteiger partial charge in [-0.3, -0.25) is 9.59 Å². The molecular weight excluding hydrogens is 432 g/mol. The summed E-state index contributed by atoms with van der Waals surface area (Å²) in [4.78, 5) is 39.0. The highest BCUT2D eigenvalue weighted by molar-refractivity contribution is 6.01. The van der Waals surface area contributed by atoms with E-state index in [1.165, 1.54) is 12.6 Å². The zero-order chi connectivity index (χ0) is 24.1. The monoisotopic (exact) mass is 462 g/mol. The van der Waals surface area contributed by atoms with Gasteiger partial charge in [0.2, 0.25) is 5.91 Å². The molecule has 0 radical (unpaired) electrons. The fourth-order valence-corrected chi connectivity index (χ4v) is 4.45. The Morgan fingerprint density at radius 3 is 2.62 bits per heavy atom. The topological polar surface area (TPSA) is 123 Å². The molecule has 0 aliphatic heterocycles. The Kier molecular flexibility index (Phi) is 7.30. The molecule has 1 aliphatic rings. The normalized spacial score (nSPS) is 18.8. The Balaban J connectivity index is 1.51. The van der Waals surface area contributed by atoms with Gasteiger partial charge in [-0.15, -0.1) is 0 Å². The van der Waals surface area contributed by atoms with Crippen molar-refractivity contribution in [3.8, 4) is 11.3 Å². The fraction of sp³-hybridized carbons (Fsp3) is 0.440. The van der Waals surface area contributed by atoms with Crippen molar-refractivity contribution in [1.29, 1.82) is 0 Å². The molecule has 0 saturated heterocycles. The highest BCUT2D eigenvalue weighted by Crippen LogP contribution is 2.31. The summed E-state index contributed by atoms with van der Waals surface area (Å²) in [7, 11) is 0. The molecule has 1 aliphatic carbocycles. The third-order valence-corrected chi connectivity index (χ3v) is 6.51. The molecule has 4 rings (SSSR count). The first-order valence-corrected chi connectivity index (χ1v) is 11.7. The second-order valence-electron chi connectivity index (χ2n) is 8.98. The molecule has 9 nitrogen and oxygen atoms in total. The van der Waals surface area contributed by atoms with Gasteiger partial charge in [-0.2, -0.15) is 0 Å². The molecule has 2 amide bonds. The molecule has 3 heterocycles. The number of amides is 2. The molecule has 3 aromatic rings. The van der Waals surface area contributed by atoms with Crippen molar-refractivity contribution in [2.45, 2.75) is 58.9 Å². The molecule has 0 aromatic carbocycles. The van der Waals surface area contributed by atoms with Gasteiger partial charge in [-0.05, 0) is 55.7 Å². The number of nitrogens with one attached hydrogen (secondary N) is 2. The third-order valence-electron chi connectivity index (χ3n) is 6.51. The summed E-state index contributed by atoms with van der Waals surface area (Å²) in [6, 6.07) is 2.93. The highest BCUT2D eigenvalue weighted by Gasteiger charge is 2.33. The first-order valence-electron chi connectivity index (χ1n) is 11.7. The maximum atomic E-state index is 13.3. The lowest BCUT2D eigenvalue weighted by Gasteiger charge is -2.32. The van der Waals surface area contributed by atoms with Gasteiger partial charge in [0.15, 0.2) is 0 Å². The van der Waals surface area contributed by atoms with Crippen LogP contribution in [0.1, 0.15) is 61.1 Å². The zero-order valence-electron chi connectivity index (χ0n) is 19.7. The lowest BCUT2D eigenvalue weighted by atomic mass is 9.79. The molecule has 0 bridgehead atoms. The van der Waals surface area contributed by atoms with Crippen LogP contribution in [-0.2, 0) is 11.2 Å². The Morgan fingerprint density at radius 2 is 1.94 bits per heavy atom. The lowest BCUT2D eigenvalue weighted by molar-refractivity contribution is -0.119. The molecule has 2 N–H and O–H groups in total. The van der Waals surface area contributed by atoms with E-state index in [4.69, 9.17) is 4.52 Å². The number of hydrogen-bond acceptors (Lipinski definition) is 7. The highest BCUT2D eigenvalue weighted by atomic mass is 16.5. The molecular formula is C25H30N6O3. The van der Waals surface area contributed by atoms with Crippen LogP contribution >= 0.6 is 0 Å². The maximum Gasteiger partial charge on any atom is 0.257 e. The van der Waals surface area contributed by atoms with Crippen LogP contribution in [0.5, 0.6) is 0 Å². The summed E-state index contributed by atoms with van der Waals surface area (Å²) in [6.45, 7) is 6.06. The van der Waals surface area contributed by atoms with Crippen molar-refractivity contribution >= 4 is 17.6 Å². The van der Waals surface area contributed by atoms with Crippen LogP contribution in [0.25, 0.3) is 11.3 Å². The predicted molar refractivity (Wildman–Crippen MR) is 127 cm³/mol. The van der Waals surface area contributed by atoms with E-state index in [0.717, 1.165) is 42.5 Å². The van der Waals surface area contributed by atoms with E-state index in [0.29, 0.717) is 29.4 Å². The Bertz CT molecular complexity index is 1140. The van der Waals surface area contributed by atoms with Crippen molar-refractivity contribution in [1.82, 2.24) is 25.4 Å². The molecule has 1 fully saturated rings. The Morgan fingerprint density at radius 1 is 1.15 bits per heavy atom. The van der Waals surface area contributed by atoms with Crippen LogP contribution in [0.2, 0.25) is 0 Å². The van der Waals surface area contributed by atoms with Crippen LogP contribution in [0, 0.1) is 18.8 Å². The predicted octanol–water partition coefficient (Wildman–Crippen LogP) is 3.96. The van der Waals surface area contributed by atoms with Gasteiger partial charge in [0.25, 0.3) is 5.91 Å². The number of carbonyl (C=O) groups excluding carboxylic acids is 2. The number of aryl methyl sites for hydroxylation is 2. The van der Waals surface area contributed by atoms with E-state index in [9.17, 15) is 9.59 Å². The first kappa shape index (κ1) is 23.5. The average Bonchev–Trinajstić information content (AvgIpc) is 3.33. The number of aromatic nitrogens is 4. The molecule has 0 spiro atoms. The van der Waals surface area contributed by atoms with Crippen molar-refractivity contribution < 1.29 is 14.1 Å². The van der Waals surface area contributed by atoms with Gasteiger partial charge in [0.05, 0.1) is 11.4 Å². The largest absolute Gasteiger partial charge is 0.364 e. The number of hydrogen-bond donors (Lipinski definition) is 2. The molecule has 1 saturated carbocycles. The smallest absolute Gasteiger partial charge is 0.257 e. The number of nitrogens with zero attached hydrogens (tertiary/aromatic N) is 4. The van der Waals surface area contributed by atoms with E-state index in [-0.39, 0.29) is 17.7 Å². The van der Waals surface area contributed by atoms with E-state index in [2.05, 4.69) is 37.7 Å². The van der Waals surface area contributed by atoms with Gasteiger partial charge < -0.3 is 15.2 Å². The first-order chi connectivity index (χ1) is 16.5. The summed E-state index contributed by atoms with van der Waals surface area (Å²) in [5.41, 5.74) is 3.51. The average molecular weight is 463 g/mol. The third kappa shape index (κ3) is 5.30. The second-order valence-corrected chi connectivity index (χ2v) is 8.98. The summed E-state index contributed by atoms with van der Waals surface area (Å²) in [5, 5.41) is 9.72. The van der Waals surface area contributed by atoms with Gasteiger partial charge in [-0.25, -0.2) is 15.0 Å². The van der Waals surface area contributed by atoms with Crippen LogP contribution in [-0.4, -0.2) is 38.0 Å². The Labute approximate surface area is 198 Å². The molecule has 1 unspecified atom stereocenters. The number of pyridine rings is 1. The second kappa shape index (κ2) is 10.5. The summed E-state index contributed by atoms with van der Waals surface area (Å²) < 4.78 is 4.98. The zero-order valence-corrected chi connectivity index (χ0v) is 19.7. The van der Waals surface area contributed by atoms with Crippen molar-refractivity contribution in [2.24, 2.45) is 11.8 Å². The quantitative estimate of drug-likeness (QED) is 0.545. The van der Waals surface area contributed by atoms with Gasteiger partial charge in [0, 0.05) is 18.0 Å². The van der Waals surface area contributed by atoms with E-state index >= 15 is 0 Å². The van der Waals surface area contributed by atoms with E-state index in [1.54, 1.807) is 18.5 Å². The van der Waals surface area contributed by atoms with Crippen LogP contribution in [0.3, 0.4) is 0 Å². The van der Waals surface area contributed by atoms with Gasteiger partial charge >= 0.3 is 0 Å². The van der Waals surface area contributed by atoms with E-state index < -0.39 is 6.04 Å². The van der Waals surface area contributed by atoms with Crippen molar-refractivity contribution in [3.05, 3.63) is 53.9 Å². The summed E-state index contributed by atoms with van der Waals surface area (Å²) in [5.74, 6) is 0.469. The minimum Gasteiger partial charge on any atom is -0.364 e. The van der Waals surface area contributed by atoms with Crippen LogP contribution in [0.4, 0.5) is 5.82 Å². The molecule has 34 heavy (non-hydrogen) atoms. The number of anilines is 1. The minimum atomic E-state index is -0.676.